The third kappa shape index (κ3) is 4.63. The van der Waals surface area contributed by atoms with Crippen LogP contribution < -0.4 is 4.74 Å². The second kappa shape index (κ2) is 9.71. The zero-order valence-electron chi connectivity index (χ0n) is 19.8. The van der Waals surface area contributed by atoms with Crippen molar-refractivity contribution in [2.24, 2.45) is 0 Å². The van der Waals surface area contributed by atoms with Crippen molar-refractivity contribution >= 4 is 17.4 Å². The molecule has 0 aromatic heterocycles. The molecule has 0 spiro atoms. The predicted octanol–water partition coefficient (Wildman–Crippen LogP) is 2.86. The molecule has 2 aromatic rings. The molecule has 8 heteroatoms. The smallest absolute Gasteiger partial charge is 0.295 e. The van der Waals surface area contributed by atoms with Crippen molar-refractivity contribution in [3.8, 4) is 11.5 Å². The molecule has 184 valence electrons. The van der Waals surface area contributed by atoms with Gasteiger partial charge >= 0.3 is 0 Å². The topological polar surface area (TPSA) is 99.5 Å². The molecule has 2 aromatic carbocycles. The van der Waals surface area contributed by atoms with Gasteiger partial charge in [0.25, 0.3) is 11.7 Å². The number of morpholine rings is 1. The summed E-state index contributed by atoms with van der Waals surface area (Å²) in [5.74, 6) is -0.769. The molecule has 0 bridgehead atoms. The number of nitrogens with zero attached hydrogens (tertiary/aromatic N) is 2. The summed E-state index contributed by atoms with van der Waals surface area (Å²) in [4.78, 5) is 30.2. The Morgan fingerprint density at radius 3 is 2.66 bits per heavy atom. The fourth-order valence-corrected chi connectivity index (χ4v) is 5.17. The normalized spacial score (nSPS) is 24.0. The first kappa shape index (κ1) is 23.4. The van der Waals surface area contributed by atoms with Crippen LogP contribution >= 0.6 is 0 Å². The number of phenols is 1. The molecule has 2 fully saturated rings. The number of carbonyl (C=O) groups is 2. The van der Waals surface area contributed by atoms with Crippen molar-refractivity contribution in [3.05, 3.63) is 64.7 Å². The van der Waals surface area contributed by atoms with E-state index in [1.54, 1.807) is 24.3 Å². The summed E-state index contributed by atoms with van der Waals surface area (Å²) in [5.41, 5.74) is 2.04. The Morgan fingerprint density at radius 1 is 1.09 bits per heavy atom. The van der Waals surface area contributed by atoms with Crippen molar-refractivity contribution in [1.82, 2.24) is 9.80 Å². The molecule has 35 heavy (non-hydrogen) atoms. The number of ketones is 1. The average molecular weight is 479 g/mol. The number of benzene rings is 2. The van der Waals surface area contributed by atoms with Gasteiger partial charge in [0, 0.05) is 38.2 Å². The number of aliphatic hydroxyl groups is 1. The van der Waals surface area contributed by atoms with Gasteiger partial charge in [-0.3, -0.25) is 14.5 Å². The molecular formula is C27H30N2O6. The van der Waals surface area contributed by atoms with E-state index in [0.717, 1.165) is 30.9 Å². The quantitative estimate of drug-likeness (QED) is 0.374. The SMILES string of the molecule is CC1Cc2cc(C(O)=C3C(=O)C(=O)N(CCCN4CCOCC4)C3c3cccc(O)c3)ccc2O1. The van der Waals surface area contributed by atoms with Gasteiger partial charge in [-0.15, -0.1) is 0 Å². The zero-order valence-corrected chi connectivity index (χ0v) is 19.8. The highest BCUT2D eigenvalue weighted by Gasteiger charge is 2.46. The van der Waals surface area contributed by atoms with E-state index in [-0.39, 0.29) is 23.2 Å². The Labute approximate surface area is 204 Å². The number of likely N-dealkylation sites (tertiary alicyclic amines) is 1. The van der Waals surface area contributed by atoms with Crippen LogP contribution in [0.5, 0.6) is 11.5 Å². The van der Waals surface area contributed by atoms with Crippen molar-refractivity contribution in [2.45, 2.75) is 31.9 Å². The summed E-state index contributed by atoms with van der Waals surface area (Å²) in [6.07, 6.45) is 1.44. The van der Waals surface area contributed by atoms with Crippen molar-refractivity contribution < 1.29 is 29.3 Å². The molecule has 2 saturated heterocycles. The maximum atomic E-state index is 13.2. The van der Waals surface area contributed by atoms with Crippen LogP contribution in [0.15, 0.2) is 48.0 Å². The molecule has 3 aliphatic rings. The number of aliphatic hydroxyl groups excluding tert-OH is 1. The first-order valence-electron chi connectivity index (χ1n) is 12.1. The number of rotatable bonds is 6. The summed E-state index contributed by atoms with van der Waals surface area (Å²) >= 11 is 0. The minimum absolute atomic E-state index is 0.0325. The number of Topliss-reactive ketones (excluding diaryl/α,β-unsaturated/α-hetero) is 1. The lowest BCUT2D eigenvalue weighted by Crippen LogP contribution is -2.38. The summed E-state index contributed by atoms with van der Waals surface area (Å²) in [5, 5.41) is 21.4. The summed E-state index contributed by atoms with van der Waals surface area (Å²) in [7, 11) is 0. The zero-order chi connectivity index (χ0) is 24.5. The van der Waals surface area contributed by atoms with Gasteiger partial charge in [0.05, 0.1) is 24.8 Å². The number of fused-ring (bicyclic) bond motifs is 1. The third-order valence-corrected chi connectivity index (χ3v) is 6.87. The molecular weight excluding hydrogens is 448 g/mol. The number of carbonyl (C=O) groups excluding carboxylic acids is 2. The largest absolute Gasteiger partial charge is 0.508 e. The van der Waals surface area contributed by atoms with E-state index in [0.29, 0.717) is 43.7 Å². The molecule has 0 saturated carbocycles. The summed E-state index contributed by atoms with van der Waals surface area (Å²) < 4.78 is 11.2. The number of phenolic OH excluding ortho intramolecular Hbond substituents is 1. The lowest BCUT2D eigenvalue weighted by Gasteiger charge is -2.29. The maximum Gasteiger partial charge on any atom is 0.295 e. The molecule has 2 atom stereocenters. The fourth-order valence-electron chi connectivity index (χ4n) is 5.17. The highest BCUT2D eigenvalue weighted by Crippen LogP contribution is 2.41. The van der Waals surface area contributed by atoms with Crippen LogP contribution in [0.2, 0.25) is 0 Å². The van der Waals surface area contributed by atoms with Gasteiger partial charge < -0.3 is 24.6 Å². The monoisotopic (exact) mass is 478 g/mol. The second-order valence-corrected chi connectivity index (χ2v) is 9.35. The van der Waals surface area contributed by atoms with E-state index < -0.39 is 17.7 Å². The molecule has 5 rings (SSSR count). The molecule has 2 unspecified atom stereocenters. The standard InChI is InChI=1S/C27H30N2O6/c1-17-14-20-15-19(6-7-22(20)35-17)25(31)23-24(18-4-2-5-21(30)16-18)29(27(33)26(23)32)9-3-8-28-10-12-34-13-11-28/h2,4-7,15-17,24,30-31H,3,8-14H2,1H3. The third-order valence-electron chi connectivity index (χ3n) is 6.87. The molecule has 8 nitrogen and oxygen atoms in total. The maximum absolute atomic E-state index is 13.2. The Morgan fingerprint density at radius 2 is 1.89 bits per heavy atom. The highest BCUT2D eigenvalue weighted by molar-refractivity contribution is 6.46. The van der Waals surface area contributed by atoms with Crippen molar-refractivity contribution in [1.29, 1.82) is 0 Å². The predicted molar refractivity (Wildman–Crippen MR) is 129 cm³/mol. The van der Waals surface area contributed by atoms with E-state index in [9.17, 15) is 19.8 Å². The molecule has 2 N–H and O–H groups in total. The molecule has 0 radical (unpaired) electrons. The Bertz CT molecular complexity index is 1170. The van der Waals surface area contributed by atoms with Gasteiger partial charge in [-0.25, -0.2) is 0 Å². The molecule has 1 amide bonds. The van der Waals surface area contributed by atoms with E-state index in [1.807, 2.05) is 13.0 Å². The first-order chi connectivity index (χ1) is 16.9. The van der Waals surface area contributed by atoms with Crippen LogP contribution in [-0.4, -0.2) is 77.2 Å². The molecule has 3 aliphatic heterocycles. The molecule has 3 heterocycles. The first-order valence-corrected chi connectivity index (χ1v) is 12.1. The van der Waals surface area contributed by atoms with Gasteiger partial charge in [-0.05, 0) is 54.8 Å². The lowest BCUT2D eigenvalue weighted by molar-refractivity contribution is -0.140. The number of amides is 1. The lowest BCUT2D eigenvalue weighted by atomic mass is 9.94. The Hall–Kier alpha value is -3.36. The fraction of sp³-hybridized carbons (Fsp3) is 0.407. The van der Waals surface area contributed by atoms with Gasteiger partial charge in [0.1, 0.15) is 23.4 Å². The van der Waals surface area contributed by atoms with E-state index in [2.05, 4.69) is 4.90 Å². The minimum Gasteiger partial charge on any atom is -0.508 e. The van der Waals surface area contributed by atoms with E-state index in [1.165, 1.54) is 17.0 Å². The van der Waals surface area contributed by atoms with Gasteiger partial charge in [0.15, 0.2) is 0 Å². The number of hydrogen-bond acceptors (Lipinski definition) is 7. The summed E-state index contributed by atoms with van der Waals surface area (Å²) in [6, 6.07) is 11.0. The molecule has 0 aliphatic carbocycles. The van der Waals surface area contributed by atoms with E-state index in [4.69, 9.17) is 9.47 Å². The Balaban J connectivity index is 1.48. The Kier molecular flexibility index (Phi) is 6.49. The van der Waals surface area contributed by atoms with Crippen LogP contribution in [0.25, 0.3) is 5.76 Å². The van der Waals surface area contributed by atoms with Gasteiger partial charge in [0.2, 0.25) is 0 Å². The van der Waals surface area contributed by atoms with Crippen LogP contribution in [0, 0.1) is 0 Å². The highest BCUT2D eigenvalue weighted by atomic mass is 16.5. The minimum atomic E-state index is -0.782. The van der Waals surface area contributed by atoms with Crippen LogP contribution in [0.4, 0.5) is 0 Å². The van der Waals surface area contributed by atoms with Crippen molar-refractivity contribution in [3.63, 3.8) is 0 Å². The van der Waals surface area contributed by atoms with Crippen LogP contribution in [-0.2, 0) is 20.7 Å². The number of hydrogen-bond donors (Lipinski definition) is 2. The van der Waals surface area contributed by atoms with Crippen LogP contribution in [0.1, 0.15) is 36.1 Å². The second-order valence-electron chi connectivity index (χ2n) is 9.35. The summed E-state index contributed by atoms with van der Waals surface area (Å²) in [6.45, 7) is 6.18. The van der Waals surface area contributed by atoms with Crippen LogP contribution in [0.3, 0.4) is 0 Å². The van der Waals surface area contributed by atoms with E-state index >= 15 is 0 Å². The average Bonchev–Trinajstić information content (AvgIpc) is 3.35. The van der Waals surface area contributed by atoms with Gasteiger partial charge in [-0.1, -0.05) is 12.1 Å². The van der Waals surface area contributed by atoms with Crippen molar-refractivity contribution in [2.75, 3.05) is 39.4 Å². The number of ether oxygens (including phenoxy) is 2. The number of aromatic hydroxyl groups is 1. The van der Waals surface area contributed by atoms with Gasteiger partial charge in [-0.2, -0.15) is 0 Å².